The van der Waals surface area contributed by atoms with Crippen LogP contribution in [-0.2, 0) is 16.6 Å². The average molecular weight is 310 g/mol. The Labute approximate surface area is 126 Å². The predicted molar refractivity (Wildman–Crippen MR) is 83.6 cm³/mol. The minimum absolute atomic E-state index is 0.324. The number of anilines is 1. The number of nitrogens with two attached hydrogens (primary N) is 1. The van der Waals surface area contributed by atoms with Gasteiger partial charge in [-0.3, -0.25) is 4.21 Å². The molecule has 0 spiro atoms. The highest BCUT2D eigenvalue weighted by Gasteiger charge is 2.12. The second-order valence-electron chi connectivity index (χ2n) is 4.22. The Morgan fingerprint density at radius 2 is 2.00 bits per heavy atom. The van der Waals surface area contributed by atoms with E-state index in [1.807, 2.05) is 19.1 Å². The van der Waals surface area contributed by atoms with Crippen LogP contribution in [0.3, 0.4) is 0 Å². The van der Waals surface area contributed by atoms with Gasteiger partial charge in [-0.2, -0.15) is 0 Å². The quantitative estimate of drug-likeness (QED) is 0.858. The van der Waals surface area contributed by atoms with E-state index in [0.29, 0.717) is 33.7 Å². The van der Waals surface area contributed by atoms with Gasteiger partial charge in [0.1, 0.15) is 5.75 Å². The van der Waals surface area contributed by atoms with E-state index < -0.39 is 10.8 Å². The summed E-state index contributed by atoms with van der Waals surface area (Å²) in [6.45, 7) is 2.46. The molecular formula is C15H16ClNO2S. The van der Waals surface area contributed by atoms with Crippen molar-refractivity contribution < 1.29 is 8.95 Å². The summed E-state index contributed by atoms with van der Waals surface area (Å²) in [5.41, 5.74) is 7.24. The van der Waals surface area contributed by atoms with Crippen LogP contribution >= 0.6 is 11.6 Å². The summed E-state index contributed by atoms with van der Waals surface area (Å²) in [6, 6.07) is 12.5. The van der Waals surface area contributed by atoms with Crippen LogP contribution in [0, 0.1) is 0 Å². The highest BCUT2D eigenvalue weighted by atomic mass is 35.5. The highest BCUT2D eigenvalue weighted by molar-refractivity contribution is 7.84. The molecule has 2 aromatic carbocycles. The van der Waals surface area contributed by atoms with Crippen molar-refractivity contribution in [2.75, 3.05) is 12.3 Å². The van der Waals surface area contributed by atoms with Gasteiger partial charge >= 0.3 is 0 Å². The molecule has 0 amide bonds. The minimum Gasteiger partial charge on any atom is -0.494 e. The largest absolute Gasteiger partial charge is 0.494 e. The van der Waals surface area contributed by atoms with Crippen LogP contribution in [-0.4, -0.2) is 10.8 Å². The van der Waals surface area contributed by atoms with E-state index in [9.17, 15) is 4.21 Å². The molecule has 1 atom stereocenters. The lowest BCUT2D eigenvalue weighted by molar-refractivity contribution is 0.337. The number of hydrogen-bond donors (Lipinski definition) is 1. The van der Waals surface area contributed by atoms with Gasteiger partial charge in [0.15, 0.2) is 0 Å². The van der Waals surface area contributed by atoms with E-state index >= 15 is 0 Å². The Morgan fingerprint density at radius 3 is 2.70 bits per heavy atom. The fourth-order valence-corrected chi connectivity index (χ4v) is 3.43. The van der Waals surface area contributed by atoms with Crippen molar-refractivity contribution >= 4 is 28.1 Å². The monoisotopic (exact) mass is 309 g/mol. The van der Waals surface area contributed by atoms with Gasteiger partial charge < -0.3 is 10.5 Å². The Hall–Kier alpha value is -1.52. The lowest BCUT2D eigenvalue weighted by Crippen LogP contribution is -2.02. The molecule has 2 aromatic rings. The molecule has 1 unspecified atom stereocenters. The van der Waals surface area contributed by atoms with Crippen LogP contribution in [0.1, 0.15) is 12.5 Å². The first-order chi connectivity index (χ1) is 9.61. The molecule has 20 heavy (non-hydrogen) atoms. The number of halogens is 1. The van der Waals surface area contributed by atoms with Crippen molar-refractivity contribution in [2.45, 2.75) is 17.6 Å². The van der Waals surface area contributed by atoms with Crippen molar-refractivity contribution in [1.29, 1.82) is 0 Å². The Morgan fingerprint density at radius 1 is 1.25 bits per heavy atom. The van der Waals surface area contributed by atoms with E-state index in [1.54, 1.807) is 30.3 Å². The Bertz CT molecular complexity index is 631. The fraction of sp³-hybridized carbons (Fsp3) is 0.200. The summed E-state index contributed by atoms with van der Waals surface area (Å²) in [6.07, 6.45) is 0. The van der Waals surface area contributed by atoms with Crippen LogP contribution in [0.2, 0.25) is 5.02 Å². The van der Waals surface area contributed by atoms with Crippen molar-refractivity contribution in [3.05, 3.63) is 53.1 Å². The van der Waals surface area contributed by atoms with Crippen LogP contribution in [0.15, 0.2) is 47.4 Å². The van der Waals surface area contributed by atoms with Gasteiger partial charge in [-0.1, -0.05) is 23.7 Å². The third-order valence-electron chi connectivity index (χ3n) is 2.75. The van der Waals surface area contributed by atoms with Gasteiger partial charge in [0.2, 0.25) is 0 Å². The van der Waals surface area contributed by atoms with Crippen molar-refractivity contribution in [3.63, 3.8) is 0 Å². The molecule has 0 aliphatic heterocycles. The average Bonchev–Trinajstić information content (AvgIpc) is 2.42. The van der Waals surface area contributed by atoms with Gasteiger partial charge in [-0.05, 0) is 37.3 Å². The summed E-state index contributed by atoms with van der Waals surface area (Å²) < 4.78 is 18.0. The van der Waals surface area contributed by atoms with Crippen molar-refractivity contribution in [3.8, 4) is 5.75 Å². The number of hydrogen-bond acceptors (Lipinski definition) is 3. The molecule has 3 nitrogen and oxygen atoms in total. The Balaban J connectivity index is 2.27. The molecule has 2 rings (SSSR count). The molecular weight excluding hydrogens is 294 g/mol. The van der Waals surface area contributed by atoms with Crippen LogP contribution < -0.4 is 10.5 Å². The summed E-state index contributed by atoms with van der Waals surface area (Å²) in [5.74, 6) is 1.03. The lowest BCUT2D eigenvalue weighted by atomic mass is 10.2. The zero-order chi connectivity index (χ0) is 14.5. The fourth-order valence-electron chi connectivity index (χ4n) is 1.86. The second kappa shape index (κ2) is 6.77. The van der Waals surface area contributed by atoms with Gasteiger partial charge in [-0.25, -0.2) is 0 Å². The summed E-state index contributed by atoms with van der Waals surface area (Å²) in [5, 5.41) is 0.507. The maximum atomic E-state index is 12.4. The smallest absolute Gasteiger partial charge is 0.123 e. The first kappa shape index (κ1) is 14.9. The molecule has 0 aromatic heterocycles. The highest BCUT2D eigenvalue weighted by Crippen LogP contribution is 2.27. The van der Waals surface area contributed by atoms with Crippen LogP contribution in [0.5, 0.6) is 5.75 Å². The summed E-state index contributed by atoms with van der Waals surface area (Å²) >= 11 is 6.07. The molecule has 0 aliphatic carbocycles. The first-order valence-electron chi connectivity index (χ1n) is 6.26. The zero-order valence-electron chi connectivity index (χ0n) is 11.1. The molecule has 0 heterocycles. The normalized spacial score (nSPS) is 12.1. The maximum Gasteiger partial charge on any atom is 0.123 e. The van der Waals surface area contributed by atoms with E-state index in [-0.39, 0.29) is 0 Å². The topological polar surface area (TPSA) is 52.3 Å². The van der Waals surface area contributed by atoms with Gasteiger partial charge in [0.05, 0.1) is 33.1 Å². The molecule has 106 valence electrons. The molecule has 0 saturated carbocycles. The second-order valence-corrected chi connectivity index (χ2v) is 6.05. The van der Waals surface area contributed by atoms with E-state index in [2.05, 4.69) is 0 Å². The molecule has 0 radical (unpaired) electrons. The van der Waals surface area contributed by atoms with E-state index in [1.165, 1.54) is 0 Å². The standard InChI is InChI=1S/C15H16ClNO2S/c1-2-19-14-8-7-12(17)9-11(14)10-20(18)15-6-4-3-5-13(15)16/h3-9H,2,10,17H2,1H3. The number of ether oxygens (including phenoxy) is 1. The van der Waals surface area contributed by atoms with Gasteiger partial charge in [-0.15, -0.1) is 0 Å². The van der Waals surface area contributed by atoms with Crippen LogP contribution in [0.25, 0.3) is 0 Å². The molecule has 0 saturated heterocycles. The lowest BCUT2D eigenvalue weighted by Gasteiger charge is -2.11. The van der Waals surface area contributed by atoms with E-state index in [4.69, 9.17) is 22.1 Å². The number of rotatable bonds is 5. The molecule has 0 aliphatic rings. The van der Waals surface area contributed by atoms with Crippen LogP contribution in [0.4, 0.5) is 5.69 Å². The van der Waals surface area contributed by atoms with Gasteiger partial charge in [0, 0.05) is 11.3 Å². The summed E-state index contributed by atoms with van der Waals surface area (Å²) in [4.78, 5) is 0.624. The zero-order valence-corrected chi connectivity index (χ0v) is 12.7. The molecule has 2 N–H and O–H groups in total. The summed E-state index contributed by atoms with van der Waals surface area (Å²) in [7, 11) is -1.24. The first-order valence-corrected chi connectivity index (χ1v) is 7.95. The van der Waals surface area contributed by atoms with Crippen molar-refractivity contribution in [2.24, 2.45) is 0 Å². The number of nitrogen functional groups attached to an aromatic ring is 1. The van der Waals surface area contributed by atoms with E-state index in [0.717, 1.165) is 5.56 Å². The minimum atomic E-state index is -1.24. The molecule has 5 heteroatoms. The maximum absolute atomic E-state index is 12.4. The third kappa shape index (κ3) is 3.52. The Kier molecular flexibility index (Phi) is 5.04. The number of benzene rings is 2. The third-order valence-corrected chi connectivity index (χ3v) is 4.61. The van der Waals surface area contributed by atoms with Crippen molar-refractivity contribution in [1.82, 2.24) is 0 Å². The SMILES string of the molecule is CCOc1ccc(N)cc1CS(=O)c1ccccc1Cl. The predicted octanol–water partition coefficient (Wildman–Crippen LogP) is 3.63. The molecule has 0 bridgehead atoms. The van der Waals surface area contributed by atoms with Gasteiger partial charge in [0.25, 0.3) is 0 Å². The molecule has 0 fully saturated rings.